The minimum atomic E-state index is -0.0855. The lowest BCUT2D eigenvalue weighted by atomic mass is 9.83. The van der Waals surface area contributed by atoms with Crippen LogP contribution in [-0.2, 0) is 9.63 Å². The lowest BCUT2D eigenvalue weighted by Gasteiger charge is -2.22. The Morgan fingerprint density at radius 2 is 2.35 bits per heavy atom. The molecule has 0 unspecified atom stereocenters. The quantitative estimate of drug-likeness (QED) is 0.336. The minimum absolute atomic E-state index is 0.0855. The van der Waals surface area contributed by atoms with Crippen molar-refractivity contribution in [3.05, 3.63) is 35.6 Å². The van der Waals surface area contributed by atoms with Crippen LogP contribution in [0.5, 0.6) is 0 Å². The summed E-state index contributed by atoms with van der Waals surface area (Å²) in [5.41, 5.74) is 2.12. The van der Waals surface area contributed by atoms with Crippen LogP contribution >= 0.6 is 11.6 Å². The van der Waals surface area contributed by atoms with E-state index in [0.29, 0.717) is 30.5 Å². The van der Waals surface area contributed by atoms with Gasteiger partial charge in [-0.15, -0.1) is 6.58 Å². The molecular weight excluding hydrogens is 278 g/mol. The summed E-state index contributed by atoms with van der Waals surface area (Å²) >= 11 is 5.37. The van der Waals surface area contributed by atoms with Crippen molar-refractivity contribution in [2.75, 3.05) is 6.61 Å². The first-order chi connectivity index (χ1) is 9.63. The first-order valence-corrected chi connectivity index (χ1v) is 7.08. The highest BCUT2D eigenvalue weighted by atomic mass is 35.5. The maximum atomic E-state index is 12.2. The summed E-state index contributed by atoms with van der Waals surface area (Å²) in [7, 11) is 0. The number of oxime groups is 1. The Morgan fingerprint density at radius 1 is 1.60 bits per heavy atom. The monoisotopic (exact) mass is 297 g/mol. The highest BCUT2D eigenvalue weighted by Gasteiger charge is 2.29. The molecule has 1 N–H and O–H groups in total. The van der Waals surface area contributed by atoms with Crippen LogP contribution in [0.2, 0.25) is 0 Å². The number of ketones is 1. The highest BCUT2D eigenvalue weighted by Crippen LogP contribution is 2.29. The fraction of sp³-hybridized carbons (Fsp3) is 0.467. The summed E-state index contributed by atoms with van der Waals surface area (Å²) in [4.78, 5) is 17.2. The van der Waals surface area contributed by atoms with Crippen molar-refractivity contribution in [3.8, 4) is 0 Å². The number of carbonyl (C=O) groups is 1. The van der Waals surface area contributed by atoms with Crippen LogP contribution in [0, 0.1) is 5.92 Å². The maximum Gasteiger partial charge on any atom is 0.168 e. The Balaban J connectivity index is 2.87. The molecule has 0 saturated heterocycles. The molecule has 0 amide bonds. The SMILES string of the molecule is C=CC[C@@H]1CC(=O)C(/C(CC)=N\OC/C=C\Cl)=C(O)C1. The summed E-state index contributed by atoms with van der Waals surface area (Å²) in [5, 5.41) is 14.0. The zero-order valence-electron chi connectivity index (χ0n) is 11.6. The van der Waals surface area contributed by atoms with Gasteiger partial charge in [-0.05, 0) is 24.8 Å². The molecular formula is C15H20ClNO3. The molecule has 1 aliphatic rings. The Labute approximate surface area is 124 Å². The average molecular weight is 298 g/mol. The van der Waals surface area contributed by atoms with Gasteiger partial charge >= 0.3 is 0 Å². The van der Waals surface area contributed by atoms with Gasteiger partial charge in [-0.2, -0.15) is 0 Å². The molecule has 0 fully saturated rings. The summed E-state index contributed by atoms with van der Waals surface area (Å²) in [6.45, 7) is 5.76. The van der Waals surface area contributed by atoms with Gasteiger partial charge in [0.25, 0.3) is 0 Å². The predicted octanol–water partition coefficient (Wildman–Crippen LogP) is 3.89. The van der Waals surface area contributed by atoms with Crippen molar-refractivity contribution in [3.63, 3.8) is 0 Å². The number of Topliss-reactive ketones (excluding diaryl/α,β-unsaturated/α-hetero) is 1. The van der Waals surface area contributed by atoms with Crippen molar-refractivity contribution in [1.82, 2.24) is 0 Å². The van der Waals surface area contributed by atoms with E-state index in [0.717, 1.165) is 6.42 Å². The van der Waals surface area contributed by atoms with E-state index in [2.05, 4.69) is 11.7 Å². The van der Waals surface area contributed by atoms with Crippen LogP contribution in [0.3, 0.4) is 0 Å². The molecule has 1 aliphatic carbocycles. The van der Waals surface area contributed by atoms with E-state index in [1.807, 2.05) is 6.92 Å². The molecule has 0 aromatic carbocycles. The summed E-state index contributed by atoms with van der Waals surface area (Å²) in [6.07, 6.45) is 5.49. The van der Waals surface area contributed by atoms with Crippen LogP contribution in [0.25, 0.3) is 0 Å². The Kier molecular flexibility index (Phi) is 7.09. The van der Waals surface area contributed by atoms with E-state index in [1.165, 1.54) is 5.54 Å². The lowest BCUT2D eigenvalue weighted by molar-refractivity contribution is -0.116. The third kappa shape index (κ3) is 4.53. The van der Waals surface area contributed by atoms with Crippen LogP contribution < -0.4 is 0 Å². The van der Waals surface area contributed by atoms with Crippen molar-refractivity contribution >= 4 is 23.1 Å². The molecule has 4 nitrogen and oxygen atoms in total. The second kappa shape index (κ2) is 8.59. The largest absolute Gasteiger partial charge is 0.511 e. The smallest absolute Gasteiger partial charge is 0.168 e. The van der Waals surface area contributed by atoms with Gasteiger partial charge in [-0.3, -0.25) is 4.79 Å². The number of aliphatic hydroxyl groups excluding tert-OH is 1. The number of halogens is 1. The zero-order chi connectivity index (χ0) is 15.0. The average Bonchev–Trinajstić information content (AvgIpc) is 2.41. The first-order valence-electron chi connectivity index (χ1n) is 6.64. The van der Waals surface area contributed by atoms with Crippen molar-refractivity contribution in [1.29, 1.82) is 0 Å². The molecule has 0 radical (unpaired) electrons. The zero-order valence-corrected chi connectivity index (χ0v) is 12.4. The molecule has 5 heteroatoms. The first kappa shape index (κ1) is 16.5. The number of hydrogen-bond donors (Lipinski definition) is 1. The lowest BCUT2D eigenvalue weighted by Crippen LogP contribution is -2.24. The van der Waals surface area contributed by atoms with Crippen LogP contribution in [0.4, 0.5) is 0 Å². The molecule has 110 valence electrons. The van der Waals surface area contributed by atoms with Crippen molar-refractivity contribution in [2.24, 2.45) is 11.1 Å². The summed E-state index contributed by atoms with van der Waals surface area (Å²) in [5.74, 6) is 0.143. The second-order valence-electron chi connectivity index (χ2n) is 4.59. The Morgan fingerprint density at radius 3 is 2.90 bits per heavy atom. The van der Waals surface area contributed by atoms with Gasteiger partial charge in [0.2, 0.25) is 0 Å². The van der Waals surface area contributed by atoms with E-state index in [1.54, 1.807) is 12.2 Å². The summed E-state index contributed by atoms with van der Waals surface area (Å²) < 4.78 is 0. The van der Waals surface area contributed by atoms with Gasteiger partial charge in [-0.1, -0.05) is 29.8 Å². The Bertz CT molecular complexity index is 452. The van der Waals surface area contributed by atoms with Crippen LogP contribution in [0.1, 0.15) is 32.6 Å². The molecule has 20 heavy (non-hydrogen) atoms. The molecule has 0 bridgehead atoms. The van der Waals surface area contributed by atoms with Gasteiger partial charge in [0.05, 0.1) is 11.3 Å². The number of hydrogen-bond acceptors (Lipinski definition) is 4. The molecule has 1 atom stereocenters. The standard InChI is InChI=1S/C15H20ClNO3/c1-3-6-11-9-13(18)15(14(19)10-11)12(4-2)17-20-8-5-7-16/h3,5,7,11,18H,1,4,6,8-10H2,2H3/b7-5-,17-12-/t11-/m0/s1. The number of aliphatic hydroxyl groups is 1. The topological polar surface area (TPSA) is 58.9 Å². The molecule has 0 heterocycles. The van der Waals surface area contributed by atoms with E-state index in [4.69, 9.17) is 16.4 Å². The molecule has 0 saturated carbocycles. The van der Waals surface area contributed by atoms with Gasteiger partial charge in [0, 0.05) is 18.4 Å². The van der Waals surface area contributed by atoms with Crippen molar-refractivity contribution in [2.45, 2.75) is 32.6 Å². The second-order valence-corrected chi connectivity index (χ2v) is 4.84. The van der Waals surface area contributed by atoms with Crippen LogP contribution in [-0.4, -0.2) is 23.2 Å². The minimum Gasteiger partial charge on any atom is -0.511 e. The number of rotatable bonds is 7. The molecule has 0 aromatic rings. The molecule has 0 aromatic heterocycles. The maximum absolute atomic E-state index is 12.2. The molecule has 0 aliphatic heterocycles. The van der Waals surface area contributed by atoms with Gasteiger partial charge in [0.15, 0.2) is 5.78 Å². The van der Waals surface area contributed by atoms with Gasteiger partial charge in [-0.25, -0.2) is 0 Å². The van der Waals surface area contributed by atoms with E-state index in [-0.39, 0.29) is 24.1 Å². The normalized spacial score (nSPS) is 20.6. The Hall–Kier alpha value is -1.55. The number of allylic oxidation sites excluding steroid dienone is 3. The van der Waals surface area contributed by atoms with E-state index in [9.17, 15) is 9.90 Å². The fourth-order valence-corrected chi connectivity index (χ4v) is 2.26. The summed E-state index contributed by atoms with van der Waals surface area (Å²) in [6, 6.07) is 0. The third-order valence-corrected chi connectivity index (χ3v) is 3.26. The van der Waals surface area contributed by atoms with Crippen LogP contribution in [0.15, 0.2) is 40.8 Å². The van der Waals surface area contributed by atoms with Gasteiger partial charge < -0.3 is 9.94 Å². The van der Waals surface area contributed by atoms with Crippen molar-refractivity contribution < 1.29 is 14.7 Å². The van der Waals surface area contributed by atoms with E-state index < -0.39 is 0 Å². The highest BCUT2D eigenvalue weighted by molar-refractivity contribution is 6.25. The molecule has 1 rings (SSSR count). The number of nitrogens with zero attached hydrogens (tertiary/aromatic N) is 1. The fourth-order valence-electron chi connectivity index (χ4n) is 2.18. The van der Waals surface area contributed by atoms with E-state index >= 15 is 0 Å². The predicted molar refractivity (Wildman–Crippen MR) is 80.9 cm³/mol. The van der Waals surface area contributed by atoms with Gasteiger partial charge in [0.1, 0.15) is 12.4 Å². The third-order valence-electron chi connectivity index (χ3n) is 3.08. The number of carbonyl (C=O) groups excluding carboxylic acids is 1. The molecule has 0 spiro atoms.